The van der Waals surface area contributed by atoms with Crippen molar-refractivity contribution in [1.29, 1.82) is 5.26 Å². The van der Waals surface area contributed by atoms with Crippen molar-refractivity contribution in [3.05, 3.63) is 67.1 Å². The van der Waals surface area contributed by atoms with Gasteiger partial charge in [-0.3, -0.25) is 14.0 Å². The fourth-order valence-electron chi connectivity index (χ4n) is 2.37. The number of thiazole rings is 1. The van der Waals surface area contributed by atoms with Crippen LogP contribution in [0.25, 0.3) is 11.0 Å². The van der Waals surface area contributed by atoms with Crippen molar-refractivity contribution in [1.82, 2.24) is 9.30 Å². The lowest BCUT2D eigenvalue weighted by Crippen LogP contribution is -2.27. The maximum Gasteiger partial charge on any atom is 0.275 e. The molecular formula is C17H12ClN3O2S. The average molecular weight is 358 g/mol. The van der Waals surface area contributed by atoms with Crippen molar-refractivity contribution in [3.8, 4) is 6.07 Å². The predicted molar refractivity (Wildman–Crippen MR) is 94.5 cm³/mol. The third-order valence-electron chi connectivity index (χ3n) is 3.41. The number of nitriles is 1. The summed E-state index contributed by atoms with van der Waals surface area (Å²) in [6, 6.07) is 9.93. The number of ketones is 1. The first-order valence-electron chi connectivity index (χ1n) is 6.99. The number of halogens is 1. The topological polar surface area (TPSA) is 65.6 Å². The van der Waals surface area contributed by atoms with Crippen molar-refractivity contribution >= 4 is 39.8 Å². The second kappa shape index (κ2) is 6.11. The maximum atomic E-state index is 12.8. The first-order valence-corrected chi connectivity index (χ1v) is 8.18. The molecule has 0 aliphatic rings. The van der Waals surface area contributed by atoms with Gasteiger partial charge in [0.05, 0.1) is 11.3 Å². The Morgan fingerprint density at radius 3 is 2.58 bits per heavy atom. The minimum atomic E-state index is -0.325. The zero-order chi connectivity index (χ0) is 17.4. The van der Waals surface area contributed by atoms with E-state index in [-0.39, 0.29) is 17.0 Å². The van der Waals surface area contributed by atoms with Gasteiger partial charge in [0, 0.05) is 30.9 Å². The summed E-state index contributed by atoms with van der Waals surface area (Å²) < 4.78 is 1.78. The molecule has 3 rings (SSSR count). The number of aromatic nitrogens is 1. The summed E-state index contributed by atoms with van der Waals surface area (Å²) in [5, 5.41) is 9.83. The zero-order valence-corrected chi connectivity index (χ0v) is 14.5. The number of benzene rings is 1. The molecule has 2 heterocycles. The quantitative estimate of drug-likeness (QED) is 0.674. The molecule has 0 spiro atoms. The van der Waals surface area contributed by atoms with Crippen LogP contribution in [0.2, 0.25) is 5.02 Å². The van der Waals surface area contributed by atoms with Crippen LogP contribution in [0.1, 0.15) is 21.6 Å². The van der Waals surface area contributed by atoms with Gasteiger partial charge in [-0.1, -0.05) is 11.6 Å². The molecule has 7 heteroatoms. The molecule has 5 nitrogen and oxygen atoms in total. The Morgan fingerprint density at radius 1 is 1.33 bits per heavy atom. The Hall–Kier alpha value is -2.62. The molecule has 120 valence electrons. The number of hydrogen-bond donors (Lipinski definition) is 0. The van der Waals surface area contributed by atoms with E-state index in [1.54, 1.807) is 49.5 Å². The summed E-state index contributed by atoms with van der Waals surface area (Å²) in [4.78, 5) is 27.6. The van der Waals surface area contributed by atoms with E-state index in [0.29, 0.717) is 25.5 Å². The molecule has 24 heavy (non-hydrogen) atoms. The van der Waals surface area contributed by atoms with Crippen molar-refractivity contribution in [2.24, 2.45) is 0 Å². The highest BCUT2D eigenvalue weighted by Gasteiger charge is 2.21. The second-order valence-electron chi connectivity index (χ2n) is 5.40. The molecule has 0 aliphatic carbocycles. The highest BCUT2D eigenvalue weighted by atomic mass is 35.5. The summed E-state index contributed by atoms with van der Waals surface area (Å²) >= 11 is 7.04. The van der Waals surface area contributed by atoms with Crippen LogP contribution < -0.4 is 10.1 Å². The SMILES string of the molecule is CN(C)/C=c1\sc2c(C#N)cc(C(=O)c3ccc(Cl)cc3)n2c1=O. The molecule has 0 aliphatic heterocycles. The number of fused-ring (bicyclic) bond motifs is 1. The Bertz CT molecular complexity index is 1090. The Morgan fingerprint density at radius 2 is 2.00 bits per heavy atom. The molecule has 3 aromatic rings. The molecular weight excluding hydrogens is 346 g/mol. The molecule has 0 unspecified atom stereocenters. The van der Waals surface area contributed by atoms with E-state index in [9.17, 15) is 14.9 Å². The van der Waals surface area contributed by atoms with Gasteiger partial charge in [-0.25, -0.2) is 0 Å². The van der Waals surface area contributed by atoms with E-state index >= 15 is 0 Å². The molecule has 0 N–H and O–H groups in total. The van der Waals surface area contributed by atoms with Gasteiger partial charge >= 0.3 is 0 Å². The lowest BCUT2D eigenvalue weighted by Gasteiger charge is -2.01. The van der Waals surface area contributed by atoms with Crippen LogP contribution in [0.5, 0.6) is 0 Å². The molecule has 2 aromatic heterocycles. The van der Waals surface area contributed by atoms with Gasteiger partial charge in [0.2, 0.25) is 5.78 Å². The van der Waals surface area contributed by atoms with Gasteiger partial charge in [0.25, 0.3) is 5.56 Å². The van der Waals surface area contributed by atoms with Crippen molar-refractivity contribution in [2.75, 3.05) is 14.1 Å². The van der Waals surface area contributed by atoms with Crippen molar-refractivity contribution in [2.45, 2.75) is 0 Å². The van der Waals surface area contributed by atoms with Crippen LogP contribution >= 0.6 is 22.9 Å². The Balaban J connectivity index is 2.27. The van der Waals surface area contributed by atoms with Crippen LogP contribution in [0.4, 0.5) is 0 Å². The lowest BCUT2D eigenvalue weighted by atomic mass is 10.1. The molecule has 0 saturated heterocycles. The number of nitrogens with zero attached hydrogens (tertiary/aromatic N) is 3. The van der Waals surface area contributed by atoms with Crippen molar-refractivity contribution in [3.63, 3.8) is 0 Å². The number of carbonyl (C=O) groups excluding carboxylic acids is 1. The molecule has 0 radical (unpaired) electrons. The van der Waals surface area contributed by atoms with Gasteiger partial charge in [-0.15, -0.1) is 11.3 Å². The van der Waals surface area contributed by atoms with Crippen LogP contribution in [0, 0.1) is 11.3 Å². The lowest BCUT2D eigenvalue weighted by molar-refractivity contribution is 0.103. The average Bonchev–Trinajstić information content (AvgIpc) is 3.05. The number of rotatable bonds is 3. The fourth-order valence-corrected chi connectivity index (χ4v) is 3.63. The summed E-state index contributed by atoms with van der Waals surface area (Å²) in [6.07, 6.45) is 1.68. The molecule has 0 atom stereocenters. The van der Waals surface area contributed by atoms with Gasteiger partial charge in [-0.05, 0) is 30.3 Å². The minimum absolute atomic E-state index is 0.184. The van der Waals surface area contributed by atoms with E-state index in [1.807, 2.05) is 6.07 Å². The molecule has 0 saturated carbocycles. The highest BCUT2D eigenvalue weighted by Crippen LogP contribution is 2.20. The van der Waals surface area contributed by atoms with Crippen LogP contribution in [0.15, 0.2) is 35.1 Å². The number of hydrogen-bond acceptors (Lipinski definition) is 5. The summed E-state index contributed by atoms with van der Waals surface area (Å²) in [5.41, 5.74) is 0.603. The zero-order valence-electron chi connectivity index (χ0n) is 12.9. The molecule has 0 bridgehead atoms. The van der Waals surface area contributed by atoms with E-state index in [1.165, 1.54) is 21.8 Å². The van der Waals surface area contributed by atoms with Crippen molar-refractivity contribution < 1.29 is 4.79 Å². The predicted octanol–water partition coefficient (Wildman–Crippen LogP) is 2.14. The third kappa shape index (κ3) is 2.68. The first kappa shape index (κ1) is 16.2. The number of carbonyl (C=O) groups is 1. The van der Waals surface area contributed by atoms with E-state index in [0.717, 1.165) is 0 Å². The largest absolute Gasteiger partial charge is 0.382 e. The van der Waals surface area contributed by atoms with Gasteiger partial charge in [0.15, 0.2) is 0 Å². The van der Waals surface area contributed by atoms with E-state index < -0.39 is 0 Å². The van der Waals surface area contributed by atoms with Crippen LogP contribution in [-0.4, -0.2) is 29.2 Å². The van der Waals surface area contributed by atoms with Gasteiger partial charge < -0.3 is 4.90 Å². The molecule has 0 fully saturated rings. The first-order chi connectivity index (χ1) is 11.4. The monoisotopic (exact) mass is 357 g/mol. The Labute approximate surface area is 146 Å². The second-order valence-corrected chi connectivity index (χ2v) is 6.86. The molecule has 1 aromatic carbocycles. The highest BCUT2D eigenvalue weighted by molar-refractivity contribution is 7.15. The third-order valence-corrected chi connectivity index (χ3v) is 4.76. The van der Waals surface area contributed by atoms with E-state index in [4.69, 9.17) is 11.6 Å². The normalized spacial score (nSPS) is 11.7. The standard InChI is InChI=1S/C17H12ClN3O2S/c1-20(2)9-14-16(23)21-13(7-11(8-19)17(21)24-14)15(22)10-3-5-12(18)6-4-10/h3-7,9H,1-2H3/b14-9-. The van der Waals surface area contributed by atoms with Gasteiger partial charge in [-0.2, -0.15) is 5.26 Å². The summed E-state index contributed by atoms with van der Waals surface area (Å²) in [7, 11) is 3.61. The summed E-state index contributed by atoms with van der Waals surface area (Å²) in [5.74, 6) is -0.325. The van der Waals surface area contributed by atoms with Crippen LogP contribution in [-0.2, 0) is 0 Å². The van der Waals surface area contributed by atoms with Crippen LogP contribution in [0.3, 0.4) is 0 Å². The molecule has 0 amide bonds. The maximum absolute atomic E-state index is 12.8. The fraction of sp³-hybridized carbons (Fsp3) is 0.118. The Kier molecular flexibility index (Phi) is 4.14. The smallest absolute Gasteiger partial charge is 0.275 e. The minimum Gasteiger partial charge on any atom is -0.382 e. The van der Waals surface area contributed by atoms with Gasteiger partial charge in [0.1, 0.15) is 15.4 Å². The summed E-state index contributed by atoms with van der Waals surface area (Å²) in [6.45, 7) is 0. The van der Waals surface area contributed by atoms with E-state index in [2.05, 4.69) is 0 Å².